The molecule has 0 bridgehead atoms. The third-order valence-electron chi connectivity index (χ3n) is 7.19. The monoisotopic (exact) mass is 452 g/mol. The fourth-order valence-electron chi connectivity index (χ4n) is 5.14. The molecule has 0 nitrogen and oxygen atoms in total. The Morgan fingerprint density at radius 1 is 0.400 bits per heavy atom. The zero-order chi connectivity index (χ0) is 24.2. The molecule has 35 heavy (non-hydrogen) atoms. The topological polar surface area (TPSA) is 0 Å². The number of benzene rings is 5. The van der Waals surface area contributed by atoms with Crippen LogP contribution in [0.4, 0.5) is 0 Å². The molecule has 5 aromatic rings. The average Bonchev–Trinajstić information content (AvgIpc) is 2.90. The van der Waals surface area contributed by atoms with Gasteiger partial charge < -0.3 is 0 Å². The summed E-state index contributed by atoms with van der Waals surface area (Å²) in [6, 6.07) is 41.8. The van der Waals surface area contributed by atoms with E-state index in [9.17, 15) is 0 Å². The Bertz CT molecular complexity index is 1440. The Hall–Kier alpha value is -3.90. The molecule has 0 fully saturated rings. The summed E-state index contributed by atoms with van der Waals surface area (Å²) in [6.45, 7) is 6.72. The van der Waals surface area contributed by atoms with Gasteiger partial charge in [-0.25, -0.2) is 0 Å². The second-order valence-corrected chi connectivity index (χ2v) is 9.46. The highest BCUT2D eigenvalue weighted by molar-refractivity contribution is 5.79. The van der Waals surface area contributed by atoms with Crippen LogP contribution in [0.3, 0.4) is 0 Å². The molecule has 0 atom stereocenters. The Morgan fingerprint density at radius 3 is 1.54 bits per heavy atom. The van der Waals surface area contributed by atoms with E-state index in [2.05, 4.69) is 136 Å². The molecule has 172 valence electrons. The summed E-state index contributed by atoms with van der Waals surface area (Å²) in [7, 11) is 0. The van der Waals surface area contributed by atoms with Gasteiger partial charge in [0.15, 0.2) is 0 Å². The lowest BCUT2D eigenvalue weighted by atomic mass is 9.85. The fraction of sp³-hybridized carbons (Fsp3) is 0.143. The van der Waals surface area contributed by atoms with Crippen LogP contribution < -0.4 is 0 Å². The highest BCUT2D eigenvalue weighted by Gasteiger charge is 2.15. The first-order valence-electron chi connectivity index (χ1n) is 12.5. The van der Waals surface area contributed by atoms with Gasteiger partial charge in [-0.3, -0.25) is 0 Å². The minimum absolute atomic E-state index is 1.01. The highest BCUT2D eigenvalue weighted by Crippen LogP contribution is 2.36. The number of aryl methyl sites for hydroxylation is 3. The van der Waals surface area contributed by atoms with Gasteiger partial charge in [-0.05, 0) is 94.8 Å². The number of hydrogen-bond acceptors (Lipinski definition) is 0. The molecule has 0 aliphatic heterocycles. The fourth-order valence-corrected chi connectivity index (χ4v) is 5.14. The maximum atomic E-state index is 2.34. The second-order valence-electron chi connectivity index (χ2n) is 9.46. The van der Waals surface area contributed by atoms with Crippen molar-refractivity contribution in [1.82, 2.24) is 0 Å². The standard InChI is InChI=1S/C35H32/c1-25-11-7-9-15-31(25)33-23-24-35(32-16-10-8-12-26(32)2)34(27(33)3)22-19-28-17-20-30(21-18-28)29-13-5-4-6-14-29/h4-18,20-21,23-24H,19,22H2,1-3H3. The molecule has 0 saturated carbocycles. The van der Waals surface area contributed by atoms with Crippen LogP contribution in [0.2, 0.25) is 0 Å². The van der Waals surface area contributed by atoms with E-state index < -0.39 is 0 Å². The Morgan fingerprint density at radius 2 is 0.914 bits per heavy atom. The molecule has 0 radical (unpaired) electrons. The van der Waals surface area contributed by atoms with Gasteiger partial charge in [-0.1, -0.05) is 115 Å². The minimum atomic E-state index is 1.01. The van der Waals surface area contributed by atoms with Gasteiger partial charge in [0.2, 0.25) is 0 Å². The van der Waals surface area contributed by atoms with Crippen molar-refractivity contribution in [3.63, 3.8) is 0 Å². The smallest absolute Gasteiger partial charge is 0.0146 e. The van der Waals surface area contributed by atoms with Crippen molar-refractivity contribution in [2.75, 3.05) is 0 Å². The molecule has 5 aromatic carbocycles. The van der Waals surface area contributed by atoms with E-state index >= 15 is 0 Å². The minimum Gasteiger partial charge on any atom is -0.0622 e. The molecule has 5 rings (SSSR count). The van der Waals surface area contributed by atoms with E-state index in [4.69, 9.17) is 0 Å². The summed E-state index contributed by atoms with van der Waals surface area (Å²) >= 11 is 0. The van der Waals surface area contributed by atoms with Crippen LogP contribution in [-0.2, 0) is 12.8 Å². The quantitative estimate of drug-likeness (QED) is 0.241. The van der Waals surface area contributed by atoms with Crippen LogP contribution in [0, 0.1) is 20.8 Å². The van der Waals surface area contributed by atoms with Gasteiger partial charge in [0.05, 0.1) is 0 Å². The molecular weight excluding hydrogens is 420 g/mol. The van der Waals surface area contributed by atoms with Crippen molar-refractivity contribution in [3.05, 3.63) is 143 Å². The van der Waals surface area contributed by atoms with Crippen LogP contribution in [-0.4, -0.2) is 0 Å². The van der Waals surface area contributed by atoms with Gasteiger partial charge in [-0.15, -0.1) is 0 Å². The molecule has 0 spiro atoms. The summed E-state index contributed by atoms with van der Waals surface area (Å²) in [5.74, 6) is 0. The van der Waals surface area contributed by atoms with E-state index in [1.807, 2.05) is 0 Å². The largest absolute Gasteiger partial charge is 0.0622 e. The predicted molar refractivity (Wildman–Crippen MR) is 151 cm³/mol. The lowest BCUT2D eigenvalue weighted by Gasteiger charge is -2.19. The van der Waals surface area contributed by atoms with E-state index in [-0.39, 0.29) is 0 Å². The van der Waals surface area contributed by atoms with Crippen LogP contribution in [0.1, 0.15) is 27.8 Å². The Balaban J connectivity index is 1.51. The third kappa shape index (κ3) is 4.84. The first kappa shape index (κ1) is 22.9. The first-order chi connectivity index (χ1) is 17.1. The average molecular weight is 453 g/mol. The van der Waals surface area contributed by atoms with Crippen molar-refractivity contribution >= 4 is 0 Å². The lowest BCUT2D eigenvalue weighted by Crippen LogP contribution is -2.01. The van der Waals surface area contributed by atoms with Gasteiger partial charge in [-0.2, -0.15) is 0 Å². The summed E-state index contributed by atoms with van der Waals surface area (Å²) in [5.41, 5.74) is 14.8. The van der Waals surface area contributed by atoms with E-state index in [0.717, 1.165) is 12.8 Å². The molecule has 0 unspecified atom stereocenters. The van der Waals surface area contributed by atoms with Gasteiger partial charge in [0.25, 0.3) is 0 Å². The SMILES string of the molecule is Cc1ccccc1-c1ccc(-c2ccccc2C)c(CCc2ccc(-c3ccccc3)cc2)c1C. The van der Waals surface area contributed by atoms with Crippen molar-refractivity contribution in [2.24, 2.45) is 0 Å². The number of rotatable bonds is 6. The van der Waals surface area contributed by atoms with Crippen LogP contribution >= 0.6 is 0 Å². The number of hydrogen-bond donors (Lipinski definition) is 0. The van der Waals surface area contributed by atoms with Crippen molar-refractivity contribution in [1.29, 1.82) is 0 Å². The highest BCUT2D eigenvalue weighted by atomic mass is 14.2. The van der Waals surface area contributed by atoms with Crippen molar-refractivity contribution in [2.45, 2.75) is 33.6 Å². The maximum absolute atomic E-state index is 2.34. The zero-order valence-electron chi connectivity index (χ0n) is 20.9. The zero-order valence-corrected chi connectivity index (χ0v) is 20.9. The molecular formula is C35H32. The van der Waals surface area contributed by atoms with Crippen molar-refractivity contribution in [3.8, 4) is 33.4 Å². The normalized spacial score (nSPS) is 10.9. The molecule has 0 amide bonds. The lowest BCUT2D eigenvalue weighted by molar-refractivity contribution is 0.951. The van der Waals surface area contributed by atoms with Crippen molar-refractivity contribution < 1.29 is 0 Å². The molecule has 0 heteroatoms. The predicted octanol–water partition coefficient (Wildman–Crippen LogP) is 9.40. The molecule has 0 aliphatic carbocycles. The van der Waals surface area contributed by atoms with Crippen LogP contribution in [0.15, 0.2) is 115 Å². The second kappa shape index (κ2) is 10.2. The Labute approximate surface area is 209 Å². The molecule has 0 aliphatic rings. The molecule has 0 aromatic heterocycles. The third-order valence-corrected chi connectivity index (χ3v) is 7.19. The maximum Gasteiger partial charge on any atom is -0.0146 e. The molecule has 0 heterocycles. The summed E-state index contributed by atoms with van der Waals surface area (Å²) in [5, 5.41) is 0. The van der Waals surface area contributed by atoms with E-state index in [1.165, 1.54) is 61.2 Å². The molecule has 0 N–H and O–H groups in total. The molecule has 0 saturated heterocycles. The summed E-state index contributed by atoms with van der Waals surface area (Å²) < 4.78 is 0. The Kier molecular flexibility index (Phi) is 6.64. The van der Waals surface area contributed by atoms with Gasteiger partial charge in [0, 0.05) is 0 Å². The first-order valence-corrected chi connectivity index (χ1v) is 12.5. The summed E-state index contributed by atoms with van der Waals surface area (Å²) in [6.07, 6.45) is 2.03. The summed E-state index contributed by atoms with van der Waals surface area (Å²) in [4.78, 5) is 0. The van der Waals surface area contributed by atoms with Gasteiger partial charge in [0.1, 0.15) is 0 Å². The van der Waals surface area contributed by atoms with E-state index in [0.29, 0.717) is 0 Å². The van der Waals surface area contributed by atoms with Crippen LogP contribution in [0.5, 0.6) is 0 Å². The van der Waals surface area contributed by atoms with E-state index in [1.54, 1.807) is 0 Å². The van der Waals surface area contributed by atoms with Gasteiger partial charge >= 0.3 is 0 Å². The van der Waals surface area contributed by atoms with Crippen LogP contribution in [0.25, 0.3) is 33.4 Å².